The number of ether oxygens (including phenoxy) is 4. The number of phenols is 4. The second-order valence-corrected chi connectivity index (χ2v) is 9.81. The van der Waals surface area contributed by atoms with Crippen LogP contribution in [0, 0.1) is 0 Å². The van der Waals surface area contributed by atoms with Crippen molar-refractivity contribution in [2.24, 2.45) is 0 Å². The van der Waals surface area contributed by atoms with Crippen LogP contribution in [0.3, 0.4) is 0 Å². The van der Waals surface area contributed by atoms with E-state index in [1.165, 1.54) is 6.07 Å². The summed E-state index contributed by atoms with van der Waals surface area (Å²) in [6.45, 7) is -1.31. The predicted molar refractivity (Wildman–Crippen MR) is 136 cm³/mol. The standard InChI is InChI=1S/C26H28O16/c27-6-15-18(34)20(36)24(42-25-21(37)17(33)13(32)7-38-25)26(40-15)41-23-19(35)16-12(31)4-9(28)5-14(16)39-22(23)8-1-2-10(29)11(30)3-8/h1-5,13,15,17-18,20-21,24-34,36-37H,6-7H2/t13-,15-,17-,18+,20+,21+,24-,25+,26-/m1/s1. The Kier molecular flexibility index (Phi) is 8.17. The Morgan fingerprint density at radius 3 is 2.26 bits per heavy atom. The first kappa shape index (κ1) is 29.8. The van der Waals surface area contributed by atoms with E-state index in [0.29, 0.717) is 0 Å². The van der Waals surface area contributed by atoms with E-state index >= 15 is 0 Å². The molecule has 1 aromatic heterocycles. The lowest BCUT2D eigenvalue weighted by Crippen LogP contribution is -2.64. The molecule has 0 amide bonds. The fourth-order valence-corrected chi connectivity index (χ4v) is 4.70. The van der Waals surface area contributed by atoms with Crippen molar-refractivity contribution in [1.82, 2.24) is 0 Å². The molecule has 0 aliphatic carbocycles. The highest BCUT2D eigenvalue weighted by Crippen LogP contribution is 2.40. The lowest BCUT2D eigenvalue weighted by Gasteiger charge is -2.44. The van der Waals surface area contributed by atoms with Gasteiger partial charge in [-0.3, -0.25) is 4.79 Å². The van der Waals surface area contributed by atoms with Crippen LogP contribution in [0.5, 0.6) is 28.7 Å². The SMILES string of the molecule is O=c1c(O[C@H]2O[C@H](CO)[C@H](O)[C@H](O)[C@H]2O[C@@H]2OC[C@@H](O)[C@@H](O)[C@@H]2O)c(-c2ccc(O)c(O)c2)oc2cc(O)cc(O)c12. The van der Waals surface area contributed by atoms with Crippen molar-refractivity contribution in [3.8, 4) is 40.1 Å². The van der Waals surface area contributed by atoms with Crippen molar-refractivity contribution in [3.05, 3.63) is 40.6 Å². The maximum Gasteiger partial charge on any atom is 0.239 e. The van der Waals surface area contributed by atoms with E-state index in [0.717, 1.165) is 24.3 Å². The Balaban J connectivity index is 1.62. The number of hydrogen-bond acceptors (Lipinski definition) is 16. The summed E-state index contributed by atoms with van der Waals surface area (Å²) < 4.78 is 28.0. The van der Waals surface area contributed by atoms with Crippen LogP contribution >= 0.6 is 0 Å². The molecule has 16 nitrogen and oxygen atoms in total. The Bertz CT molecular complexity index is 1510. The molecule has 9 atom stereocenters. The number of rotatable bonds is 6. The molecule has 0 spiro atoms. The molecule has 2 aromatic carbocycles. The van der Waals surface area contributed by atoms with Gasteiger partial charge in [0.2, 0.25) is 17.5 Å². The number of fused-ring (bicyclic) bond motifs is 1. The van der Waals surface area contributed by atoms with Crippen molar-refractivity contribution in [2.75, 3.05) is 13.2 Å². The lowest BCUT2D eigenvalue weighted by molar-refractivity contribution is -0.345. The van der Waals surface area contributed by atoms with Crippen LogP contribution < -0.4 is 10.2 Å². The second-order valence-electron chi connectivity index (χ2n) is 9.81. The third-order valence-corrected chi connectivity index (χ3v) is 6.96. The van der Waals surface area contributed by atoms with Crippen LogP contribution in [-0.4, -0.2) is 120 Å². The van der Waals surface area contributed by atoms with Gasteiger partial charge in [0.25, 0.3) is 0 Å². The molecule has 3 heterocycles. The molecule has 2 aliphatic heterocycles. The minimum atomic E-state index is -1.90. The Hall–Kier alpha value is -3.71. The van der Waals surface area contributed by atoms with Crippen molar-refractivity contribution in [1.29, 1.82) is 0 Å². The van der Waals surface area contributed by atoms with Crippen LogP contribution in [0.1, 0.15) is 0 Å². The van der Waals surface area contributed by atoms with Crippen molar-refractivity contribution in [2.45, 2.75) is 55.3 Å². The maximum absolute atomic E-state index is 13.7. The quantitative estimate of drug-likeness (QED) is 0.137. The minimum Gasteiger partial charge on any atom is -0.508 e. The molecule has 0 bridgehead atoms. The maximum atomic E-state index is 13.7. The Labute approximate surface area is 235 Å². The molecule has 0 unspecified atom stereocenters. The Morgan fingerprint density at radius 2 is 1.57 bits per heavy atom. The van der Waals surface area contributed by atoms with E-state index in [1.54, 1.807) is 0 Å². The first-order valence-corrected chi connectivity index (χ1v) is 12.6. The largest absolute Gasteiger partial charge is 0.508 e. The predicted octanol–water partition coefficient (Wildman–Crippen LogP) is -2.08. The summed E-state index contributed by atoms with van der Waals surface area (Å²) in [5.74, 6) is -3.39. The van der Waals surface area contributed by atoms with E-state index in [9.17, 15) is 55.9 Å². The molecular formula is C26H28O16. The summed E-state index contributed by atoms with van der Waals surface area (Å²) in [5.41, 5.74) is -1.38. The molecule has 16 heteroatoms. The lowest BCUT2D eigenvalue weighted by atomic mass is 9.98. The first-order chi connectivity index (χ1) is 19.9. The fraction of sp³-hybridized carbons (Fsp3) is 0.423. The van der Waals surface area contributed by atoms with E-state index in [-0.39, 0.29) is 11.1 Å². The molecule has 2 saturated heterocycles. The third-order valence-electron chi connectivity index (χ3n) is 6.96. The van der Waals surface area contributed by atoms with E-state index < -0.39 is 114 Å². The normalized spacial score (nSPS) is 31.7. The number of hydrogen-bond donors (Lipinski definition) is 10. The number of aliphatic hydroxyl groups excluding tert-OH is 6. The highest BCUT2D eigenvalue weighted by atomic mass is 16.8. The third kappa shape index (κ3) is 5.31. The van der Waals surface area contributed by atoms with Gasteiger partial charge in [0, 0.05) is 17.7 Å². The molecule has 2 fully saturated rings. The van der Waals surface area contributed by atoms with E-state index in [2.05, 4.69) is 0 Å². The summed E-state index contributed by atoms with van der Waals surface area (Å²) >= 11 is 0. The van der Waals surface area contributed by atoms with Crippen LogP contribution in [-0.2, 0) is 14.2 Å². The number of benzene rings is 2. The molecule has 0 radical (unpaired) electrons. The van der Waals surface area contributed by atoms with Crippen LogP contribution in [0.25, 0.3) is 22.3 Å². The van der Waals surface area contributed by atoms with Crippen molar-refractivity contribution < 1.29 is 74.4 Å². The van der Waals surface area contributed by atoms with Crippen LogP contribution in [0.15, 0.2) is 39.5 Å². The zero-order valence-electron chi connectivity index (χ0n) is 21.4. The van der Waals surface area contributed by atoms with Gasteiger partial charge in [-0.2, -0.15) is 0 Å². The summed E-state index contributed by atoms with van der Waals surface area (Å²) in [4.78, 5) is 13.7. The summed E-state index contributed by atoms with van der Waals surface area (Å²) in [5, 5.41) is 101. The monoisotopic (exact) mass is 596 g/mol. The molecule has 5 rings (SSSR count). The van der Waals surface area contributed by atoms with E-state index in [4.69, 9.17) is 23.4 Å². The van der Waals surface area contributed by atoms with Gasteiger partial charge in [-0.1, -0.05) is 0 Å². The van der Waals surface area contributed by atoms with Gasteiger partial charge < -0.3 is 74.4 Å². The zero-order valence-corrected chi connectivity index (χ0v) is 21.4. The molecule has 10 N–H and O–H groups in total. The molecule has 2 aliphatic rings. The minimum absolute atomic E-state index is 0.0437. The van der Waals surface area contributed by atoms with Gasteiger partial charge in [-0.05, 0) is 18.2 Å². The smallest absolute Gasteiger partial charge is 0.239 e. The highest BCUT2D eigenvalue weighted by molar-refractivity contribution is 5.88. The second kappa shape index (κ2) is 11.5. The van der Waals surface area contributed by atoms with Crippen molar-refractivity contribution >= 4 is 11.0 Å². The molecule has 3 aromatic rings. The number of aliphatic hydroxyl groups is 6. The van der Waals surface area contributed by atoms with Gasteiger partial charge in [0.05, 0.1) is 13.2 Å². The van der Waals surface area contributed by atoms with Gasteiger partial charge in [0.1, 0.15) is 59.1 Å². The van der Waals surface area contributed by atoms with Gasteiger partial charge in [-0.15, -0.1) is 0 Å². The van der Waals surface area contributed by atoms with Gasteiger partial charge >= 0.3 is 0 Å². The average molecular weight is 596 g/mol. The fourth-order valence-electron chi connectivity index (χ4n) is 4.70. The molecule has 0 saturated carbocycles. The topological polar surface area (TPSA) is 269 Å². The van der Waals surface area contributed by atoms with Crippen LogP contribution in [0.2, 0.25) is 0 Å². The first-order valence-electron chi connectivity index (χ1n) is 12.6. The zero-order chi connectivity index (χ0) is 30.5. The average Bonchev–Trinajstić information content (AvgIpc) is 2.94. The molecule has 228 valence electrons. The Morgan fingerprint density at radius 1 is 0.833 bits per heavy atom. The highest BCUT2D eigenvalue weighted by Gasteiger charge is 2.50. The summed E-state index contributed by atoms with van der Waals surface area (Å²) in [6, 6.07) is 5.21. The van der Waals surface area contributed by atoms with Crippen molar-refractivity contribution in [3.63, 3.8) is 0 Å². The molecule has 42 heavy (non-hydrogen) atoms. The molecular weight excluding hydrogens is 568 g/mol. The van der Waals surface area contributed by atoms with Gasteiger partial charge in [-0.25, -0.2) is 0 Å². The van der Waals surface area contributed by atoms with Gasteiger partial charge in [0.15, 0.2) is 29.7 Å². The van der Waals surface area contributed by atoms with E-state index in [1.807, 2.05) is 0 Å². The summed E-state index contributed by atoms with van der Waals surface area (Å²) in [6.07, 6.45) is -15.5. The number of aromatic hydroxyl groups is 4. The number of phenolic OH excluding ortho intramolecular Hbond substituents is 4. The van der Waals surface area contributed by atoms with Crippen LogP contribution in [0.4, 0.5) is 0 Å². The summed E-state index contributed by atoms with van der Waals surface area (Å²) in [7, 11) is 0.